The minimum Gasteiger partial charge on any atom is -0.126 e. The molecule has 0 heteroatoms. The molecule has 0 spiro atoms. The third-order valence-corrected chi connectivity index (χ3v) is 2.00. The van der Waals surface area contributed by atoms with E-state index < -0.39 is 0 Å². The van der Waals surface area contributed by atoms with Crippen LogP contribution in [0.1, 0.15) is 45.4 Å². The second kappa shape index (κ2) is 4.35. The van der Waals surface area contributed by atoms with E-state index in [2.05, 4.69) is 18.7 Å². The lowest BCUT2D eigenvalue weighted by Gasteiger charge is -1.96. The SMILES string of the molecule is CC1=C=CCCCCCC1. The van der Waals surface area contributed by atoms with E-state index in [9.17, 15) is 0 Å². The van der Waals surface area contributed by atoms with Gasteiger partial charge < -0.3 is 0 Å². The first-order valence-corrected chi connectivity index (χ1v) is 4.30. The first-order valence-electron chi connectivity index (χ1n) is 4.30. The molecular weight excluding hydrogens is 120 g/mol. The molecule has 1 aliphatic carbocycles. The van der Waals surface area contributed by atoms with Crippen LogP contribution in [0, 0.1) is 0 Å². The summed E-state index contributed by atoms with van der Waals surface area (Å²) in [6, 6.07) is 0. The quantitative estimate of drug-likeness (QED) is 0.447. The summed E-state index contributed by atoms with van der Waals surface area (Å²) < 4.78 is 0. The lowest BCUT2D eigenvalue weighted by atomic mass is 10.1. The minimum atomic E-state index is 1.23. The zero-order chi connectivity index (χ0) is 7.23. The van der Waals surface area contributed by atoms with Gasteiger partial charge in [-0.1, -0.05) is 12.8 Å². The van der Waals surface area contributed by atoms with E-state index in [0.29, 0.717) is 0 Å². The number of rotatable bonds is 0. The minimum absolute atomic E-state index is 1.23. The van der Waals surface area contributed by atoms with E-state index in [0.717, 1.165) is 0 Å². The average molecular weight is 136 g/mol. The molecule has 0 aliphatic heterocycles. The van der Waals surface area contributed by atoms with Gasteiger partial charge in [-0.2, -0.15) is 0 Å². The lowest BCUT2D eigenvalue weighted by molar-refractivity contribution is 0.649. The topological polar surface area (TPSA) is 0 Å². The van der Waals surface area contributed by atoms with Gasteiger partial charge in [-0.05, 0) is 44.3 Å². The molecule has 1 aliphatic rings. The molecule has 10 heavy (non-hydrogen) atoms. The molecule has 0 atom stereocenters. The monoisotopic (exact) mass is 136 g/mol. The second-order valence-electron chi connectivity index (χ2n) is 3.08. The van der Waals surface area contributed by atoms with E-state index in [1.807, 2.05) is 0 Å². The maximum atomic E-state index is 3.32. The smallest absolute Gasteiger partial charge is 0.0247 e. The Morgan fingerprint density at radius 1 is 1.20 bits per heavy atom. The normalized spacial score (nSPS) is 20.7. The summed E-state index contributed by atoms with van der Waals surface area (Å²) in [4.78, 5) is 0. The molecule has 0 N–H and O–H groups in total. The Morgan fingerprint density at radius 3 is 2.90 bits per heavy atom. The standard InChI is InChI=1S/C10H16/c1-10-8-6-4-2-3-5-7-9-10/h6H,2-5,7,9H2,1H3. The summed E-state index contributed by atoms with van der Waals surface area (Å²) in [6.07, 6.45) is 10.2. The van der Waals surface area contributed by atoms with Crippen LogP contribution in [0.3, 0.4) is 0 Å². The Hall–Kier alpha value is -0.480. The van der Waals surface area contributed by atoms with Gasteiger partial charge in [0.1, 0.15) is 0 Å². The van der Waals surface area contributed by atoms with Crippen molar-refractivity contribution in [3.63, 3.8) is 0 Å². The predicted molar refractivity (Wildman–Crippen MR) is 45.0 cm³/mol. The molecule has 1 rings (SSSR count). The highest BCUT2D eigenvalue weighted by atomic mass is 14.0. The van der Waals surface area contributed by atoms with Crippen molar-refractivity contribution in [1.82, 2.24) is 0 Å². The van der Waals surface area contributed by atoms with Gasteiger partial charge in [-0.15, -0.1) is 5.73 Å². The summed E-state index contributed by atoms with van der Waals surface area (Å²) in [5.41, 5.74) is 4.75. The Morgan fingerprint density at radius 2 is 2.00 bits per heavy atom. The summed E-state index contributed by atoms with van der Waals surface area (Å²) in [6.45, 7) is 2.18. The molecule has 0 nitrogen and oxygen atoms in total. The van der Waals surface area contributed by atoms with Crippen LogP contribution in [0.15, 0.2) is 17.4 Å². The molecule has 56 valence electrons. The van der Waals surface area contributed by atoms with E-state index in [1.165, 1.54) is 44.1 Å². The van der Waals surface area contributed by atoms with Crippen LogP contribution in [-0.4, -0.2) is 0 Å². The van der Waals surface area contributed by atoms with Gasteiger partial charge >= 0.3 is 0 Å². The van der Waals surface area contributed by atoms with E-state index in [-0.39, 0.29) is 0 Å². The first kappa shape index (κ1) is 7.63. The molecule has 0 aromatic rings. The molecule has 0 heterocycles. The molecular formula is C10H16. The van der Waals surface area contributed by atoms with E-state index >= 15 is 0 Å². The van der Waals surface area contributed by atoms with Crippen molar-refractivity contribution in [3.8, 4) is 0 Å². The zero-order valence-corrected chi connectivity index (χ0v) is 6.82. The van der Waals surface area contributed by atoms with Gasteiger partial charge in [0.25, 0.3) is 0 Å². The highest BCUT2D eigenvalue weighted by Gasteiger charge is 1.92. The van der Waals surface area contributed by atoms with Crippen molar-refractivity contribution < 1.29 is 0 Å². The molecule has 0 bridgehead atoms. The molecule has 0 unspecified atom stereocenters. The summed E-state index contributed by atoms with van der Waals surface area (Å²) >= 11 is 0. The maximum absolute atomic E-state index is 3.32. The Bertz CT molecular complexity index is 147. The van der Waals surface area contributed by atoms with Crippen LogP contribution in [0.5, 0.6) is 0 Å². The second-order valence-corrected chi connectivity index (χ2v) is 3.08. The third kappa shape index (κ3) is 2.89. The fourth-order valence-corrected chi connectivity index (χ4v) is 1.31. The highest BCUT2D eigenvalue weighted by Crippen LogP contribution is 2.12. The van der Waals surface area contributed by atoms with Gasteiger partial charge in [-0.3, -0.25) is 0 Å². The van der Waals surface area contributed by atoms with Gasteiger partial charge in [0, 0.05) is 0 Å². The molecule has 0 fully saturated rings. The van der Waals surface area contributed by atoms with Crippen LogP contribution in [-0.2, 0) is 0 Å². The van der Waals surface area contributed by atoms with Crippen molar-refractivity contribution in [3.05, 3.63) is 17.4 Å². The molecule has 0 aromatic carbocycles. The van der Waals surface area contributed by atoms with Crippen LogP contribution >= 0.6 is 0 Å². The maximum Gasteiger partial charge on any atom is -0.0247 e. The lowest BCUT2D eigenvalue weighted by Crippen LogP contribution is -1.77. The van der Waals surface area contributed by atoms with Crippen LogP contribution < -0.4 is 0 Å². The van der Waals surface area contributed by atoms with Crippen molar-refractivity contribution in [2.45, 2.75) is 45.4 Å². The highest BCUT2D eigenvalue weighted by molar-refractivity contribution is 4.98. The number of allylic oxidation sites excluding steroid dienone is 1. The Kier molecular flexibility index (Phi) is 3.32. The number of hydrogen-bond acceptors (Lipinski definition) is 0. The summed E-state index contributed by atoms with van der Waals surface area (Å²) in [7, 11) is 0. The van der Waals surface area contributed by atoms with E-state index in [4.69, 9.17) is 0 Å². The first-order chi connectivity index (χ1) is 4.89. The zero-order valence-electron chi connectivity index (χ0n) is 6.82. The number of hydrogen-bond donors (Lipinski definition) is 0. The van der Waals surface area contributed by atoms with Crippen LogP contribution in [0.2, 0.25) is 0 Å². The third-order valence-electron chi connectivity index (χ3n) is 2.00. The van der Waals surface area contributed by atoms with Gasteiger partial charge in [0.2, 0.25) is 0 Å². The molecule has 0 amide bonds. The van der Waals surface area contributed by atoms with Crippen molar-refractivity contribution in [2.75, 3.05) is 0 Å². The Labute approximate surface area is 63.6 Å². The van der Waals surface area contributed by atoms with Gasteiger partial charge in [0.05, 0.1) is 0 Å². The van der Waals surface area contributed by atoms with Crippen LogP contribution in [0.4, 0.5) is 0 Å². The van der Waals surface area contributed by atoms with Gasteiger partial charge in [0.15, 0.2) is 0 Å². The largest absolute Gasteiger partial charge is 0.126 e. The van der Waals surface area contributed by atoms with E-state index in [1.54, 1.807) is 0 Å². The summed E-state index contributed by atoms with van der Waals surface area (Å²) in [5.74, 6) is 0. The van der Waals surface area contributed by atoms with Gasteiger partial charge in [-0.25, -0.2) is 0 Å². The predicted octanol–water partition coefficient (Wildman–Crippen LogP) is 3.44. The fraction of sp³-hybridized carbons (Fsp3) is 0.700. The molecule has 0 saturated carbocycles. The van der Waals surface area contributed by atoms with Crippen molar-refractivity contribution in [1.29, 1.82) is 0 Å². The van der Waals surface area contributed by atoms with Crippen molar-refractivity contribution in [2.24, 2.45) is 0 Å². The molecule has 0 aromatic heterocycles. The Balaban J connectivity index is 2.45. The molecule has 0 radical (unpaired) electrons. The molecule has 0 saturated heterocycles. The fourth-order valence-electron chi connectivity index (χ4n) is 1.31. The van der Waals surface area contributed by atoms with Crippen LogP contribution in [0.25, 0.3) is 0 Å². The summed E-state index contributed by atoms with van der Waals surface area (Å²) in [5, 5.41) is 0. The average Bonchev–Trinajstić information content (AvgIpc) is 2.02. The van der Waals surface area contributed by atoms with Crippen molar-refractivity contribution >= 4 is 0 Å².